The molecule has 1 saturated carbocycles. The Kier molecular flexibility index (Phi) is 4.55. The monoisotopic (exact) mass is 261 g/mol. The van der Waals surface area contributed by atoms with Crippen molar-refractivity contribution < 1.29 is 8.42 Å². The molecule has 0 aromatic carbocycles. The molecule has 0 aliphatic heterocycles. The summed E-state index contributed by atoms with van der Waals surface area (Å²) >= 11 is 0. The Morgan fingerprint density at radius 1 is 1.35 bits per heavy atom. The topological polar surface area (TPSA) is 96.0 Å². The maximum Gasteiger partial charge on any atom is 0.214 e. The Labute approximate surface area is 104 Å². The number of hydrogen-bond acceptors (Lipinski definition) is 3. The Morgan fingerprint density at radius 2 is 1.88 bits per heavy atom. The number of hydrogen-bond donors (Lipinski definition) is 3. The molecule has 0 aromatic heterocycles. The number of amidine groups is 1. The van der Waals surface area contributed by atoms with Crippen molar-refractivity contribution in [3.8, 4) is 0 Å². The average Bonchev–Trinajstić information content (AvgIpc) is 2.28. The van der Waals surface area contributed by atoms with Gasteiger partial charge in [-0.1, -0.05) is 33.1 Å². The zero-order valence-electron chi connectivity index (χ0n) is 10.6. The molecule has 100 valence electrons. The molecule has 0 atom stereocenters. The van der Waals surface area contributed by atoms with E-state index in [-0.39, 0.29) is 17.6 Å². The van der Waals surface area contributed by atoms with Crippen LogP contribution < -0.4 is 10.5 Å². The second-order valence-electron chi connectivity index (χ2n) is 5.42. The van der Waals surface area contributed by atoms with Crippen LogP contribution in [-0.4, -0.2) is 26.0 Å². The first kappa shape index (κ1) is 14.4. The molecule has 0 heterocycles. The Morgan fingerprint density at radius 3 is 2.35 bits per heavy atom. The standard InChI is InChI=1S/C11H23N3O2S/c1-11(2,10(12)13)8-14-17(15,16)9-6-4-3-5-7-9/h9,14H,3-8H2,1-2H3,(H3,12,13). The first-order valence-electron chi connectivity index (χ1n) is 6.09. The van der Waals surface area contributed by atoms with Gasteiger partial charge in [-0.05, 0) is 12.8 Å². The van der Waals surface area contributed by atoms with Gasteiger partial charge in [-0.2, -0.15) is 0 Å². The predicted octanol–water partition coefficient (Wildman–Crippen LogP) is 1.20. The van der Waals surface area contributed by atoms with E-state index in [9.17, 15) is 8.42 Å². The Hall–Kier alpha value is -0.620. The van der Waals surface area contributed by atoms with E-state index in [1.54, 1.807) is 13.8 Å². The fourth-order valence-corrected chi connectivity index (χ4v) is 3.62. The first-order chi connectivity index (χ1) is 7.76. The molecule has 0 spiro atoms. The lowest BCUT2D eigenvalue weighted by atomic mass is 9.93. The van der Waals surface area contributed by atoms with E-state index in [1.807, 2.05) is 0 Å². The van der Waals surface area contributed by atoms with Gasteiger partial charge in [0.15, 0.2) is 0 Å². The van der Waals surface area contributed by atoms with E-state index in [1.165, 1.54) is 0 Å². The fourth-order valence-electron chi connectivity index (χ4n) is 1.87. The molecule has 1 fully saturated rings. The summed E-state index contributed by atoms with van der Waals surface area (Å²) in [7, 11) is -3.25. The maximum atomic E-state index is 12.0. The van der Waals surface area contributed by atoms with Gasteiger partial charge in [-0.3, -0.25) is 5.41 Å². The Bertz CT molecular complexity index is 370. The van der Waals surface area contributed by atoms with Crippen molar-refractivity contribution in [1.82, 2.24) is 4.72 Å². The highest BCUT2D eigenvalue weighted by molar-refractivity contribution is 7.90. The van der Waals surface area contributed by atoms with Gasteiger partial charge in [0, 0.05) is 12.0 Å². The van der Waals surface area contributed by atoms with E-state index in [2.05, 4.69) is 4.72 Å². The second-order valence-corrected chi connectivity index (χ2v) is 7.47. The van der Waals surface area contributed by atoms with Gasteiger partial charge in [0.05, 0.1) is 11.1 Å². The highest BCUT2D eigenvalue weighted by atomic mass is 32.2. The van der Waals surface area contributed by atoms with Crippen LogP contribution in [0.2, 0.25) is 0 Å². The quantitative estimate of drug-likeness (QED) is 0.512. The van der Waals surface area contributed by atoms with Crippen molar-refractivity contribution in [2.75, 3.05) is 6.54 Å². The largest absolute Gasteiger partial charge is 0.387 e. The molecular weight excluding hydrogens is 238 g/mol. The number of sulfonamides is 1. The summed E-state index contributed by atoms with van der Waals surface area (Å²) in [6.45, 7) is 3.72. The van der Waals surface area contributed by atoms with Crippen LogP contribution in [0.4, 0.5) is 0 Å². The van der Waals surface area contributed by atoms with Gasteiger partial charge in [0.25, 0.3) is 0 Å². The second kappa shape index (κ2) is 5.35. The molecule has 0 saturated heterocycles. The van der Waals surface area contributed by atoms with Crippen LogP contribution in [0, 0.1) is 10.8 Å². The lowest BCUT2D eigenvalue weighted by Gasteiger charge is -2.26. The Balaban J connectivity index is 2.58. The lowest BCUT2D eigenvalue weighted by Crippen LogP contribution is -2.45. The third-order valence-corrected chi connectivity index (χ3v) is 5.33. The smallest absolute Gasteiger partial charge is 0.214 e. The van der Waals surface area contributed by atoms with Crippen molar-refractivity contribution in [3.05, 3.63) is 0 Å². The van der Waals surface area contributed by atoms with Crippen molar-refractivity contribution in [2.24, 2.45) is 11.1 Å². The van der Waals surface area contributed by atoms with Crippen LogP contribution in [0.5, 0.6) is 0 Å². The molecule has 1 rings (SSSR count). The van der Waals surface area contributed by atoms with Crippen LogP contribution >= 0.6 is 0 Å². The van der Waals surface area contributed by atoms with Crippen molar-refractivity contribution in [2.45, 2.75) is 51.2 Å². The number of nitrogens with one attached hydrogen (secondary N) is 2. The molecule has 0 radical (unpaired) electrons. The molecule has 0 amide bonds. The van der Waals surface area contributed by atoms with E-state index in [0.717, 1.165) is 32.1 Å². The molecule has 4 N–H and O–H groups in total. The van der Waals surface area contributed by atoms with Crippen molar-refractivity contribution in [3.63, 3.8) is 0 Å². The normalized spacial score (nSPS) is 19.2. The fraction of sp³-hybridized carbons (Fsp3) is 0.909. The molecule has 5 nitrogen and oxygen atoms in total. The van der Waals surface area contributed by atoms with Crippen LogP contribution in [0.3, 0.4) is 0 Å². The summed E-state index contributed by atoms with van der Waals surface area (Å²) in [4.78, 5) is 0. The highest BCUT2D eigenvalue weighted by Gasteiger charge is 2.30. The van der Waals surface area contributed by atoms with Gasteiger partial charge in [0.1, 0.15) is 0 Å². The van der Waals surface area contributed by atoms with Gasteiger partial charge in [-0.15, -0.1) is 0 Å². The van der Waals surface area contributed by atoms with Crippen LogP contribution in [-0.2, 0) is 10.0 Å². The molecular formula is C11H23N3O2S. The molecule has 1 aliphatic carbocycles. The van der Waals surface area contributed by atoms with Gasteiger partial charge in [-0.25, -0.2) is 13.1 Å². The number of rotatable bonds is 5. The van der Waals surface area contributed by atoms with E-state index >= 15 is 0 Å². The lowest BCUT2D eigenvalue weighted by molar-refractivity contribution is 0.459. The summed E-state index contributed by atoms with van der Waals surface area (Å²) < 4.78 is 26.7. The summed E-state index contributed by atoms with van der Waals surface area (Å²) in [6.07, 6.45) is 4.60. The number of nitrogens with two attached hydrogens (primary N) is 1. The predicted molar refractivity (Wildman–Crippen MR) is 69.5 cm³/mol. The molecule has 17 heavy (non-hydrogen) atoms. The molecule has 0 unspecified atom stereocenters. The first-order valence-corrected chi connectivity index (χ1v) is 7.63. The molecule has 0 bridgehead atoms. The minimum atomic E-state index is -3.25. The van der Waals surface area contributed by atoms with Crippen LogP contribution in [0.15, 0.2) is 0 Å². The van der Waals surface area contributed by atoms with E-state index < -0.39 is 15.4 Å². The zero-order valence-corrected chi connectivity index (χ0v) is 11.4. The van der Waals surface area contributed by atoms with Gasteiger partial charge in [0.2, 0.25) is 10.0 Å². The van der Waals surface area contributed by atoms with Crippen molar-refractivity contribution >= 4 is 15.9 Å². The summed E-state index contributed by atoms with van der Waals surface area (Å²) in [5, 5.41) is 7.13. The van der Waals surface area contributed by atoms with Crippen LogP contribution in [0.1, 0.15) is 46.0 Å². The van der Waals surface area contributed by atoms with E-state index in [0.29, 0.717) is 0 Å². The third kappa shape index (κ3) is 3.96. The molecule has 1 aliphatic rings. The average molecular weight is 261 g/mol. The van der Waals surface area contributed by atoms with E-state index in [4.69, 9.17) is 11.1 Å². The third-order valence-electron chi connectivity index (χ3n) is 3.44. The molecule has 0 aromatic rings. The van der Waals surface area contributed by atoms with Gasteiger partial charge < -0.3 is 5.73 Å². The zero-order chi connectivity index (χ0) is 13.1. The minimum Gasteiger partial charge on any atom is -0.387 e. The van der Waals surface area contributed by atoms with Crippen molar-refractivity contribution in [1.29, 1.82) is 5.41 Å². The maximum absolute atomic E-state index is 12.0. The summed E-state index contributed by atoms with van der Waals surface area (Å²) in [5.41, 5.74) is 4.80. The highest BCUT2D eigenvalue weighted by Crippen LogP contribution is 2.23. The summed E-state index contributed by atoms with van der Waals surface area (Å²) in [5.74, 6) is 0.00356. The van der Waals surface area contributed by atoms with Crippen LogP contribution in [0.25, 0.3) is 0 Å². The molecule has 6 heteroatoms. The SMILES string of the molecule is CC(C)(CNS(=O)(=O)C1CCCCC1)C(=N)N. The minimum absolute atomic E-state index is 0.00356. The van der Waals surface area contributed by atoms with Gasteiger partial charge >= 0.3 is 0 Å². The summed E-state index contributed by atoms with van der Waals surface area (Å²) in [6, 6.07) is 0.